The predicted molar refractivity (Wildman–Crippen MR) is 61.7 cm³/mol. The van der Waals surface area contributed by atoms with Crippen LogP contribution >= 0.6 is 0 Å². The molecule has 0 saturated heterocycles. The minimum absolute atomic E-state index is 0.165. The fourth-order valence-corrected chi connectivity index (χ4v) is 2.19. The highest BCUT2D eigenvalue weighted by Crippen LogP contribution is 2.33. The molecule has 1 aliphatic heterocycles. The molecule has 2 rings (SSSR count). The van der Waals surface area contributed by atoms with E-state index in [9.17, 15) is 9.59 Å². The first-order valence-electron chi connectivity index (χ1n) is 5.45. The van der Waals surface area contributed by atoms with E-state index in [1.54, 1.807) is 13.0 Å². The highest BCUT2D eigenvalue weighted by atomic mass is 16.5. The van der Waals surface area contributed by atoms with Gasteiger partial charge < -0.3 is 9.47 Å². The normalized spacial score (nSPS) is 18.3. The van der Waals surface area contributed by atoms with Gasteiger partial charge in [0, 0.05) is 17.5 Å². The van der Waals surface area contributed by atoms with Gasteiger partial charge >= 0.3 is 5.97 Å². The summed E-state index contributed by atoms with van der Waals surface area (Å²) in [5.41, 5.74) is 2.50. The summed E-state index contributed by atoms with van der Waals surface area (Å²) in [5, 5.41) is 0. The third-order valence-electron chi connectivity index (χ3n) is 3.00. The average Bonchev–Trinajstić information content (AvgIpc) is 2.29. The van der Waals surface area contributed by atoms with Gasteiger partial charge in [-0.15, -0.1) is 0 Å². The largest absolute Gasteiger partial charge is 0.496 e. The number of rotatable bonds is 2. The summed E-state index contributed by atoms with van der Waals surface area (Å²) in [6, 6.07) is 1.75. The second kappa shape index (κ2) is 4.20. The standard InChI is InChI=1S/C13H14O4/c1-7-4-9-5-10(6-14)8(2)12(16-3)11(9)13(15)17-7/h5-7H,4H2,1-3H3. The molecule has 0 radical (unpaired) electrons. The first-order chi connectivity index (χ1) is 8.08. The van der Waals surface area contributed by atoms with Crippen LogP contribution in [0.1, 0.15) is 38.8 Å². The Morgan fingerprint density at radius 2 is 2.24 bits per heavy atom. The van der Waals surface area contributed by atoms with Gasteiger partial charge in [-0.2, -0.15) is 0 Å². The molecule has 1 atom stereocenters. The van der Waals surface area contributed by atoms with Crippen LogP contribution in [0.4, 0.5) is 0 Å². The van der Waals surface area contributed by atoms with Crippen molar-refractivity contribution in [2.45, 2.75) is 26.4 Å². The van der Waals surface area contributed by atoms with Crippen LogP contribution in [0.2, 0.25) is 0 Å². The lowest BCUT2D eigenvalue weighted by Crippen LogP contribution is -2.26. The Kier molecular flexibility index (Phi) is 2.88. The maximum absolute atomic E-state index is 11.8. The number of esters is 1. The Morgan fingerprint density at radius 3 is 2.82 bits per heavy atom. The predicted octanol–water partition coefficient (Wildman–Crippen LogP) is 1.92. The molecule has 1 heterocycles. The fourth-order valence-electron chi connectivity index (χ4n) is 2.19. The van der Waals surface area contributed by atoms with E-state index in [1.807, 2.05) is 6.92 Å². The molecule has 90 valence electrons. The van der Waals surface area contributed by atoms with E-state index in [4.69, 9.17) is 9.47 Å². The number of methoxy groups -OCH3 is 1. The van der Waals surface area contributed by atoms with Crippen molar-refractivity contribution in [3.63, 3.8) is 0 Å². The van der Waals surface area contributed by atoms with Crippen molar-refractivity contribution in [3.05, 3.63) is 28.3 Å². The van der Waals surface area contributed by atoms with Crippen LogP contribution in [0.5, 0.6) is 5.75 Å². The fraction of sp³-hybridized carbons (Fsp3) is 0.385. The molecule has 17 heavy (non-hydrogen) atoms. The summed E-state index contributed by atoms with van der Waals surface area (Å²) in [7, 11) is 1.49. The van der Waals surface area contributed by atoms with Gasteiger partial charge in [0.25, 0.3) is 0 Å². The summed E-state index contributed by atoms with van der Waals surface area (Å²) in [6.07, 6.45) is 1.23. The Morgan fingerprint density at radius 1 is 1.53 bits per heavy atom. The van der Waals surface area contributed by atoms with Gasteiger partial charge in [-0.25, -0.2) is 4.79 Å². The molecule has 0 fully saturated rings. The molecule has 0 aliphatic carbocycles. The second-order valence-corrected chi connectivity index (χ2v) is 4.20. The molecule has 1 aromatic rings. The van der Waals surface area contributed by atoms with Crippen LogP contribution < -0.4 is 4.74 Å². The van der Waals surface area contributed by atoms with Crippen molar-refractivity contribution in [1.82, 2.24) is 0 Å². The van der Waals surface area contributed by atoms with E-state index >= 15 is 0 Å². The smallest absolute Gasteiger partial charge is 0.342 e. The van der Waals surface area contributed by atoms with Crippen molar-refractivity contribution < 1.29 is 19.1 Å². The molecule has 1 aromatic carbocycles. The number of benzene rings is 1. The number of fused-ring (bicyclic) bond motifs is 1. The lowest BCUT2D eigenvalue weighted by molar-refractivity contribution is 0.0296. The molecule has 0 aromatic heterocycles. The van der Waals surface area contributed by atoms with E-state index < -0.39 is 0 Å². The lowest BCUT2D eigenvalue weighted by atomic mass is 9.93. The number of ether oxygens (including phenoxy) is 2. The van der Waals surface area contributed by atoms with Crippen LogP contribution in [0.25, 0.3) is 0 Å². The zero-order chi connectivity index (χ0) is 12.6. The molecule has 1 unspecified atom stereocenters. The minimum Gasteiger partial charge on any atom is -0.496 e. The van der Waals surface area contributed by atoms with Gasteiger partial charge in [0.15, 0.2) is 0 Å². The lowest BCUT2D eigenvalue weighted by Gasteiger charge is -2.24. The van der Waals surface area contributed by atoms with Crippen molar-refractivity contribution in [1.29, 1.82) is 0 Å². The zero-order valence-corrected chi connectivity index (χ0v) is 10.1. The van der Waals surface area contributed by atoms with E-state index in [0.29, 0.717) is 28.9 Å². The van der Waals surface area contributed by atoms with Gasteiger partial charge in [-0.1, -0.05) is 0 Å². The average molecular weight is 234 g/mol. The van der Waals surface area contributed by atoms with Gasteiger partial charge in [0.05, 0.1) is 7.11 Å². The minimum atomic E-state index is -0.379. The molecule has 0 bridgehead atoms. The van der Waals surface area contributed by atoms with Gasteiger partial charge in [0.1, 0.15) is 23.7 Å². The summed E-state index contributed by atoms with van der Waals surface area (Å²) in [6.45, 7) is 3.59. The molecule has 0 saturated carbocycles. The SMILES string of the molecule is COc1c(C)c(C=O)cc2c1C(=O)OC(C)C2. The van der Waals surface area contributed by atoms with Crippen molar-refractivity contribution in [2.75, 3.05) is 7.11 Å². The Bertz CT molecular complexity index is 491. The number of cyclic esters (lactones) is 1. The number of aldehydes is 1. The van der Waals surface area contributed by atoms with Gasteiger partial charge in [-0.3, -0.25) is 4.79 Å². The van der Waals surface area contributed by atoms with Crippen LogP contribution in [0, 0.1) is 6.92 Å². The Labute approximate surface area is 99.5 Å². The van der Waals surface area contributed by atoms with Crippen molar-refractivity contribution in [3.8, 4) is 5.75 Å². The van der Waals surface area contributed by atoms with Crippen LogP contribution in [0.15, 0.2) is 6.07 Å². The maximum Gasteiger partial charge on any atom is 0.342 e. The van der Waals surface area contributed by atoms with Crippen LogP contribution in [0.3, 0.4) is 0 Å². The third-order valence-corrected chi connectivity index (χ3v) is 3.00. The van der Waals surface area contributed by atoms with E-state index in [-0.39, 0.29) is 12.1 Å². The summed E-state index contributed by atoms with van der Waals surface area (Å²) >= 11 is 0. The van der Waals surface area contributed by atoms with Crippen molar-refractivity contribution in [2.24, 2.45) is 0 Å². The van der Waals surface area contributed by atoms with Gasteiger partial charge in [0.2, 0.25) is 0 Å². The molecule has 1 aliphatic rings. The first kappa shape index (κ1) is 11.6. The third kappa shape index (κ3) is 1.79. The Balaban J connectivity index is 2.70. The summed E-state index contributed by atoms with van der Waals surface area (Å²) in [4.78, 5) is 22.8. The number of carbonyl (C=O) groups is 2. The summed E-state index contributed by atoms with van der Waals surface area (Å²) < 4.78 is 10.4. The molecular weight excluding hydrogens is 220 g/mol. The molecular formula is C13H14O4. The topological polar surface area (TPSA) is 52.6 Å². The molecule has 0 spiro atoms. The quantitative estimate of drug-likeness (QED) is 0.579. The Hall–Kier alpha value is -1.84. The molecule has 4 heteroatoms. The highest BCUT2D eigenvalue weighted by molar-refractivity contribution is 5.97. The first-order valence-corrected chi connectivity index (χ1v) is 5.45. The van der Waals surface area contributed by atoms with E-state index in [2.05, 4.69) is 0 Å². The number of hydrogen-bond donors (Lipinski definition) is 0. The van der Waals surface area contributed by atoms with Crippen molar-refractivity contribution >= 4 is 12.3 Å². The monoisotopic (exact) mass is 234 g/mol. The highest BCUT2D eigenvalue weighted by Gasteiger charge is 2.29. The van der Waals surface area contributed by atoms with Crippen LogP contribution in [-0.4, -0.2) is 25.5 Å². The summed E-state index contributed by atoms with van der Waals surface area (Å²) in [5.74, 6) is 0.0673. The molecule has 0 amide bonds. The van der Waals surface area contributed by atoms with Crippen LogP contribution in [-0.2, 0) is 11.2 Å². The molecule has 4 nitrogen and oxygen atoms in total. The second-order valence-electron chi connectivity index (χ2n) is 4.20. The number of hydrogen-bond acceptors (Lipinski definition) is 4. The maximum atomic E-state index is 11.8. The van der Waals surface area contributed by atoms with E-state index in [0.717, 1.165) is 11.8 Å². The van der Waals surface area contributed by atoms with Gasteiger partial charge in [-0.05, 0) is 25.5 Å². The zero-order valence-electron chi connectivity index (χ0n) is 10.1. The van der Waals surface area contributed by atoms with E-state index in [1.165, 1.54) is 7.11 Å². The number of carbonyl (C=O) groups excluding carboxylic acids is 2. The molecule has 0 N–H and O–H groups in total.